The van der Waals surface area contributed by atoms with Crippen LogP contribution in [0.4, 0.5) is 0 Å². The fourth-order valence-corrected chi connectivity index (χ4v) is 4.11. The van der Waals surface area contributed by atoms with Gasteiger partial charge in [-0.25, -0.2) is 9.59 Å². The van der Waals surface area contributed by atoms with Gasteiger partial charge in [-0.3, -0.25) is 9.59 Å². The van der Waals surface area contributed by atoms with Crippen LogP contribution < -0.4 is 0 Å². The number of hydrogen-bond acceptors (Lipinski definition) is 7. The van der Waals surface area contributed by atoms with Crippen molar-refractivity contribution < 1.29 is 38.5 Å². The van der Waals surface area contributed by atoms with Gasteiger partial charge in [0.2, 0.25) is 5.60 Å². The molecule has 1 saturated heterocycles. The first-order valence-corrected chi connectivity index (χ1v) is 8.08. The number of rotatable bonds is 5. The third-order valence-corrected chi connectivity index (χ3v) is 5.26. The molecule has 136 valence electrons. The van der Waals surface area contributed by atoms with Gasteiger partial charge in [0.15, 0.2) is 0 Å². The molecule has 2 aliphatic carbocycles. The number of ether oxygens (including phenoxy) is 3. The summed E-state index contributed by atoms with van der Waals surface area (Å²) in [7, 11) is 0. The van der Waals surface area contributed by atoms with E-state index < -0.39 is 59.4 Å². The molecule has 0 aromatic rings. The molecule has 2 bridgehead atoms. The number of carbonyl (C=O) groups excluding carboxylic acids is 3. The minimum atomic E-state index is -1.57. The topological polar surface area (TPSA) is 116 Å². The number of aliphatic carboxylic acids is 1. The third kappa shape index (κ3) is 2.60. The molecule has 3 aliphatic rings. The van der Waals surface area contributed by atoms with Crippen LogP contribution in [0.2, 0.25) is 0 Å². The number of carbonyl (C=O) groups is 4. The quantitative estimate of drug-likeness (QED) is 0.436. The average Bonchev–Trinajstić information content (AvgIpc) is 3.09. The van der Waals surface area contributed by atoms with Gasteiger partial charge in [0.1, 0.15) is 12.2 Å². The minimum absolute atomic E-state index is 0.138. The molecule has 25 heavy (non-hydrogen) atoms. The molecule has 8 nitrogen and oxygen atoms in total. The molecule has 1 N–H and O–H groups in total. The molecular weight excluding hydrogens is 332 g/mol. The molecule has 0 amide bonds. The van der Waals surface area contributed by atoms with Gasteiger partial charge >= 0.3 is 23.9 Å². The van der Waals surface area contributed by atoms with Crippen molar-refractivity contribution in [3.05, 3.63) is 12.2 Å². The summed E-state index contributed by atoms with van der Waals surface area (Å²) in [5, 5.41) is 9.44. The number of hydrogen-bond donors (Lipinski definition) is 1. The van der Waals surface area contributed by atoms with E-state index in [1.54, 1.807) is 0 Å². The SMILES string of the molecule is C=C(C)C(=O)OC(C)(C)C(=O)OC1C2CC3C1OC(=O)C3C2C(=O)O. The Hall–Kier alpha value is -2.38. The predicted octanol–water partition coefficient (Wildman–Crippen LogP) is 0.688. The van der Waals surface area contributed by atoms with E-state index in [4.69, 9.17) is 14.2 Å². The molecular formula is C17H20O8. The van der Waals surface area contributed by atoms with Crippen LogP contribution in [0.3, 0.4) is 0 Å². The molecule has 2 saturated carbocycles. The maximum Gasteiger partial charge on any atom is 0.350 e. The lowest BCUT2D eigenvalue weighted by Crippen LogP contribution is -2.47. The Labute approximate surface area is 144 Å². The van der Waals surface area contributed by atoms with Crippen LogP contribution >= 0.6 is 0 Å². The fraction of sp³-hybridized carbons (Fsp3) is 0.647. The van der Waals surface area contributed by atoms with Gasteiger partial charge in [-0.15, -0.1) is 0 Å². The Morgan fingerprint density at radius 2 is 1.92 bits per heavy atom. The Balaban J connectivity index is 1.76. The molecule has 0 aromatic carbocycles. The lowest BCUT2D eigenvalue weighted by atomic mass is 9.78. The second-order valence-corrected chi connectivity index (χ2v) is 7.40. The van der Waals surface area contributed by atoms with Crippen molar-refractivity contribution in [3.63, 3.8) is 0 Å². The number of esters is 3. The van der Waals surface area contributed by atoms with Crippen molar-refractivity contribution in [1.82, 2.24) is 0 Å². The zero-order chi connectivity index (χ0) is 18.7. The van der Waals surface area contributed by atoms with Crippen LogP contribution in [0, 0.1) is 23.7 Å². The van der Waals surface area contributed by atoms with E-state index >= 15 is 0 Å². The second-order valence-electron chi connectivity index (χ2n) is 7.40. The van der Waals surface area contributed by atoms with Crippen LogP contribution in [0.1, 0.15) is 27.2 Å². The number of fused-ring (bicyclic) bond motifs is 1. The molecule has 0 aromatic heterocycles. The summed E-state index contributed by atoms with van der Waals surface area (Å²) in [5.41, 5.74) is -1.43. The monoisotopic (exact) mass is 352 g/mol. The first-order chi connectivity index (χ1) is 11.5. The van der Waals surface area contributed by atoms with Crippen molar-refractivity contribution in [3.8, 4) is 0 Å². The zero-order valence-electron chi connectivity index (χ0n) is 14.2. The van der Waals surface area contributed by atoms with E-state index in [1.165, 1.54) is 20.8 Å². The molecule has 1 aliphatic heterocycles. The van der Waals surface area contributed by atoms with Crippen molar-refractivity contribution >= 4 is 23.9 Å². The van der Waals surface area contributed by atoms with Gasteiger partial charge in [-0.05, 0) is 27.2 Å². The smallest absolute Gasteiger partial charge is 0.350 e. The van der Waals surface area contributed by atoms with Crippen LogP contribution in [0.25, 0.3) is 0 Å². The molecule has 3 rings (SSSR count). The van der Waals surface area contributed by atoms with Gasteiger partial charge < -0.3 is 19.3 Å². The van der Waals surface area contributed by atoms with Gasteiger partial charge in [-0.1, -0.05) is 6.58 Å². The standard InChI is InChI=1S/C17H20O8/c1-6(2)14(20)25-17(3,4)16(22)24-12-7-5-8-10(9(7)13(18)19)15(21)23-11(8)12/h7-12H,1,5H2,2-4H3,(H,18,19). The van der Waals surface area contributed by atoms with E-state index in [1.807, 2.05) is 0 Å². The highest BCUT2D eigenvalue weighted by atomic mass is 16.6. The van der Waals surface area contributed by atoms with Gasteiger partial charge in [0, 0.05) is 17.4 Å². The largest absolute Gasteiger partial charge is 0.481 e. The first kappa shape index (κ1) is 17.4. The summed E-state index contributed by atoms with van der Waals surface area (Å²) in [5.74, 6) is -5.51. The van der Waals surface area contributed by atoms with Gasteiger partial charge in [-0.2, -0.15) is 0 Å². The van der Waals surface area contributed by atoms with Crippen LogP contribution in [0.15, 0.2) is 12.2 Å². The number of carboxylic acids is 1. The summed E-state index contributed by atoms with van der Waals surface area (Å²) in [6.45, 7) is 7.66. The molecule has 1 heterocycles. The summed E-state index contributed by atoms with van der Waals surface area (Å²) < 4.78 is 15.8. The van der Waals surface area contributed by atoms with Crippen molar-refractivity contribution in [1.29, 1.82) is 0 Å². The third-order valence-electron chi connectivity index (χ3n) is 5.26. The van der Waals surface area contributed by atoms with Crippen molar-refractivity contribution in [2.75, 3.05) is 0 Å². The summed E-state index contributed by atoms with van der Waals surface area (Å²) in [6, 6.07) is 0. The van der Waals surface area contributed by atoms with Gasteiger partial charge in [0.05, 0.1) is 11.8 Å². The van der Waals surface area contributed by atoms with E-state index in [9.17, 15) is 24.3 Å². The highest BCUT2D eigenvalue weighted by Gasteiger charge is 2.70. The van der Waals surface area contributed by atoms with E-state index in [0.29, 0.717) is 6.42 Å². The maximum absolute atomic E-state index is 12.5. The van der Waals surface area contributed by atoms with Crippen LogP contribution in [-0.4, -0.2) is 46.8 Å². The minimum Gasteiger partial charge on any atom is -0.481 e. The molecule has 3 fully saturated rings. The van der Waals surface area contributed by atoms with Gasteiger partial charge in [0.25, 0.3) is 0 Å². The highest BCUT2D eigenvalue weighted by molar-refractivity contribution is 5.91. The molecule has 0 radical (unpaired) electrons. The Morgan fingerprint density at radius 3 is 2.48 bits per heavy atom. The fourth-order valence-electron chi connectivity index (χ4n) is 4.11. The Morgan fingerprint density at radius 1 is 1.28 bits per heavy atom. The maximum atomic E-state index is 12.5. The molecule has 6 atom stereocenters. The number of carboxylic acid groups (broad SMARTS) is 1. The lowest BCUT2D eigenvalue weighted by molar-refractivity contribution is -0.187. The summed E-state index contributed by atoms with van der Waals surface area (Å²) in [6.07, 6.45) is -1.01. The highest BCUT2D eigenvalue weighted by Crippen LogP contribution is 2.58. The second kappa shape index (κ2) is 5.57. The van der Waals surface area contributed by atoms with Crippen molar-refractivity contribution in [2.45, 2.75) is 45.0 Å². The van der Waals surface area contributed by atoms with E-state index in [-0.39, 0.29) is 11.5 Å². The predicted molar refractivity (Wildman–Crippen MR) is 81.0 cm³/mol. The molecule has 8 heteroatoms. The molecule has 0 spiro atoms. The van der Waals surface area contributed by atoms with Crippen LogP contribution in [0.5, 0.6) is 0 Å². The average molecular weight is 352 g/mol. The summed E-state index contributed by atoms with van der Waals surface area (Å²) in [4.78, 5) is 47.6. The van der Waals surface area contributed by atoms with E-state index in [0.717, 1.165) is 0 Å². The zero-order valence-corrected chi connectivity index (χ0v) is 14.2. The first-order valence-electron chi connectivity index (χ1n) is 8.08. The van der Waals surface area contributed by atoms with Crippen LogP contribution in [-0.2, 0) is 33.4 Å². The van der Waals surface area contributed by atoms with E-state index in [2.05, 4.69) is 6.58 Å². The Bertz CT molecular complexity index is 678. The molecule has 6 unspecified atom stereocenters. The Kier molecular flexibility index (Phi) is 3.89. The normalized spacial score (nSPS) is 35.2. The van der Waals surface area contributed by atoms with Crippen molar-refractivity contribution in [2.24, 2.45) is 23.7 Å². The lowest BCUT2D eigenvalue weighted by Gasteiger charge is -2.32. The summed E-state index contributed by atoms with van der Waals surface area (Å²) >= 11 is 0.